The molecule has 0 aliphatic carbocycles. The molecule has 3 N–H and O–H groups in total. The second-order valence-electron chi connectivity index (χ2n) is 6.77. The first-order valence-electron chi connectivity index (χ1n) is 10.3. The lowest BCUT2D eigenvalue weighted by Gasteiger charge is -2.19. The summed E-state index contributed by atoms with van der Waals surface area (Å²) in [6.45, 7) is 7.53. The predicted molar refractivity (Wildman–Crippen MR) is 123 cm³/mol. The topological polar surface area (TPSA) is 76.1 Å². The van der Waals surface area contributed by atoms with Crippen molar-refractivity contribution in [2.45, 2.75) is 26.5 Å². The van der Waals surface area contributed by atoms with Crippen LogP contribution in [0.3, 0.4) is 0 Å². The van der Waals surface area contributed by atoms with Crippen molar-refractivity contribution in [3.63, 3.8) is 0 Å². The molecule has 0 spiro atoms. The molecule has 1 unspecified atom stereocenters. The molecule has 2 aromatic rings. The first kappa shape index (κ1) is 23.3. The second kappa shape index (κ2) is 13.3. The highest BCUT2D eigenvalue weighted by atomic mass is 16.5. The zero-order valence-electron chi connectivity index (χ0n) is 18.4. The largest absolute Gasteiger partial charge is 0.493 e. The average molecular weight is 415 g/mol. The van der Waals surface area contributed by atoms with Crippen LogP contribution in [0.1, 0.15) is 19.4 Å². The van der Waals surface area contributed by atoms with Crippen LogP contribution in [0, 0.1) is 0 Å². The number of guanidine groups is 1. The Bertz CT molecular complexity index is 765. The van der Waals surface area contributed by atoms with Crippen LogP contribution in [0.15, 0.2) is 53.5 Å². The molecule has 164 valence electrons. The molecule has 0 amide bonds. The van der Waals surface area contributed by atoms with Crippen LogP contribution >= 0.6 is 0 Å². The fourth-order valence-electron chi connectivity index (χ4n) is 2.75. The standard InChI is InChI=1S/C23H34N4O3/c1-5-24-23(26-16-18(2)30-22-9-7-6-8-21(22)29-4)27-17-19-10-12-20(13-11-19)25-14-15-28-3/h6-13,18,25H,5,14-17H2,1-4H3,(H2,24,26,27). The van der Waals surface area contributed by atoms with E-state index in [1.807, 2.05) is 38.1 Å². The quantitative estimate of drug-likeness (QED) is 0.281. The van der Waals surface area contributed by atoms with Crippen LogP contribution in [0.5, 0.6) is 11.5 Å². The number of aliphatic imine (C=N–C) groups is 1. The number of rotatable bonds is 12. The number of ether oxygens (including phenoxy) is 3. The van der Waals surface area contributed by atoms with Crippen LogP contribution in [0.2, 0.25) is 0 Å². The normalized spacial score (nSPS) is 12.2. The fourth-order valence-corrected chi connectivity index (χ4v) is 2.75. The van der Waals surface area contributed by atoms with Crippen molar-refractivity contribution in [3.05, 3.63) is 54.1 Å². The van der Waals surface area contributed by atoms with Crippen molar-refractivity contribution in [2.75, 3.05) is 45.8 Å². The lowest BCUT2D eigenvalue weighted by Crippen LogP contribution is -2.41. The van der Waals surface area contributed by atoms with E-state index in [4.69, 9.17) is 14.2 Å². The van der Waals surface area contributed by atoms with Gasteiger partial charge in [0.15, 0.2) is 17.5 Å². The third kappa shape index (κ3) is 8.21. The summed E-state index contributed by atoms with van der Waals surface area (Å²) < 4.78 is 16.4. The maximum Gasteiger partial charge on any atom is 0.191 e. The van der Waals surface area contributed by atoms with E-state index in [2.05, 4.69) is 45.2 Å². The zero-order chi connectivity index (χ0) is 21.6. The van der Waals surface area contributed by atoms with Gasteiger partial charge in [-0.1, -0.05) is 24.3 Å². The van der Waals surface area contributed by atoms with Crippen molar-refractivity contribution in [2.24, 2.45) is 4.99 Å². The van der Waals surface area contributed by atoms with E-state index in [0.717, 1.165) is 41.8 Å². The molecule has 0 fully saturated rings. The average Bonchev–Trinajstić information content (AvgIpc) is 2.77. The number of nitrogens with one attached hydrogen (secondary N) is 3. The SMILES string of the molecule is CCNC(=NCc1ccc(NCCOC)cc1)NCC(C)Oc1ccccc1OC. The highest BCUT2D eigenvalue weighted by Gasteiger charge is 2.09. The number of anilines is 1. The molecule has 2 aromatic carbocycles. The van der Waals surface area contributed by atoms with E-state index in [0.29, 0.717) is 19.7 Å². The summed E-state index contributed by atoms with van der Waals surface area (Å²) in [7, 11) is 3.34. The van der Waals surface area contributed by atoms with E-state index in [-0.39, 0.29) is 6.10 Å². The van der Waals surface area contributed by atoms with E-state index in [1.165, 1.54) is 0 Å². The molecule has 0 aliphatic rings. The van der Waals surface area contributed by atoms with Crippen molar-refractivity contribution < 1.29 is 14.2 Å². The molecule has 1 atom stereocenters. The van der Waals surface area contributed by atoms with Crippen LogP contribution < -0.4 is 25.4 Å². The van der Waals surface area contributed by atoms with Gasteiger partial charge in [0.2, 0.25) is 0 Å². The molecule has 0 aromatic heterocycles. The summed E-state index contributed by atoms with van der Waals surface area (Å²) in [5.41, 5.74) is 2.22. The Kier molecular flexibility index (Phi) is 10.4. The Morgan fingerprint density at radius 1 is 1.00 bits per heavy atom. The van der Waals surface area contributed by atoms with Crippen LogP contribution in [-0.2, 0) is 11.3 Å². The smallest absolute Gasteiger partial charge is 0.191 e. The number of nitrogens with zero attached hydrogens (tertiary/aromatic N) is 1. The molecular weight excluding hydrogens is 380 g/mol. The van der Waals surface area contributed by atoms with Gasteiger partial charge in [-0.05, 0) is 43.7 Å². The van der Waals surface area contributed by atoms with Gasteiger partial charge in [0, 0.05) is 25.9 Å². The first-order chi connectivity index (χ1) is 14.7. The third-order valence-corrected chi connectivity index (χ3v) is 4.31. The minimum absolute atomic E-state index is 0.0531. The Labute approximate surface area is 179 Å². The molecule has 0 saturated carbocycles. The Morgan fingerprint density at radius 3 is 2.40 bits per heavy atom. The number of hydrogen-bond donors (Lipinski definition) is 3. The molecule has 0 aliphatic heterocycles. The Morgan fingerprint density at radius 2 is 1.73 bits per heavy atom. The summed E-state index contributed by atoms with van der Waals surface area (Å²) in [5, 5.41) is 9.92. The van der Waals surface area contributed by atoms with Crippen molar-refractivity contribution >= 4 is 11.6 Å². The molecule has 7 nitrogen and oxygen atoms in total. The monoisotopic (exact) mass is 414 g/mol. The maximum absolute atomic E-state index is 6.00. The van der Waals surface area contributed by atoms with Crippen molar-refractivity contribution in [1.29, 1.82) is 0 Å². The molecule has 0 radical (unpaired) electrons. The van der Waals surface area contributed by atoms with Gasteiger partial charge >= 0.3 is 0 Å². The minimum Gasteiger partial charge on any atom is -0.493 e. The van der Waals surface area contributed by atoms with Gasteiger partial charge in [0.05, 0.1) is 26.8 Å². The van der Waals surface area contributed by atoms with Crippen molar-refractivity contribution in [1.82, 2.24) is 10.6 Å². The summed E-state index contributed by atoms with van der Waals surface area (Å²) >= 11 is 0. The lowest BCUT2D eigenvalue weighted by atomic mass is 10.2. The van der Waals surface area contributed by atoms with Crippen molar-refractivity contribution in [3.8, 4) is 11.5 Å². The van der Waals surface area contributed by atoms with E-state index >= 15 is 0 Å². The number of methoxy groups -OCH3 is 2. The third-order valence-electron chi connectivity index (χ3n) is 4.31. The van der Waals surface area contributed by atoms with Gasteiger partial charge in [-0.25, -0.2) is 4.99 Å². The summed E-state index contributed by atoms with van der Waals surface area (Å²) in [6.07, 6.45) is -0.0531. The predicted octanol–water partition coefficient (Wildman–Crippen LogP) is 3.28. The van der Waals surface area contributed by atoms with Gasteiger partial charge in [-0.2, -0.15) is 0 Å². The van der Waals surface area contributed by atoms with Gasteiger partial charge in [0.1, 0.15) is 6.10 Å². The number of hydrogen-bond acceptors (Lipinski definition) is 5. The summed E-state index contributed by atoms with van der Waals surface area (Å²) in [6, 6.07) is 15.9. The second-order valence-corrected chi connectivity index (χ2v) is 6.77. The highest BCUT2D eigenvalue weighted by molar-refractivity contribution is 5.79. The molecule has 0 saturated heterocycles. The lowest BCUT2D eigenvalue weighted by molar-refractivity contribution is 0.211. The zero-order valence-corrected chi connectivity index (χ0v) is 18.4. The van der Waals surface area contributed by atoms with Gasteiger partial charge in [-0.15, -0.1) is 0 Å². The molecule has 30 heavy (non-hydrogen) atoms. The Balaban J connectivity index is 1.86. The molecular formula is C23H34N4O3. The minimum atomic E-state index is -0.0531. The van der Waals surface area contributed by atoms with Gasteiger partial charge < -0.3 is 30.2 Å². The Hall–Kier alpha value is -2.93. The van der Waals surface area contributed by atoms with Crippen LogP contribution in [0.25, 0.3) is 0 Å². The van der Waals surface area contributed by atoms with E-state index < -0.39 is 0 Å². The van der Waals surface area contributed by atoms with E-state index in [9.17, 15) is 0 Å². The maximum atomic E-state index is 6.00. The van der Waals surface area contributed by atoms with Gasteiger partial charge in [-0.3, -0.25) is 0 Å². The summed E-state index contributed by atoms with van der Waals surface area (Å²) in [5.74, 6) is 2.22. The molecule has 0 bridgehead atoms. The van der Waals surface area contributed by atoms with Crippen LogP contribution in [-0.4, -0.2) is 52.5 Å². The van der Waals surface area contributed by atoms with E-state index in [1.54, 1.807) is 14.2 Å². The molecule has 7 heteroatoms. The first-order valence-corrected chi connectivity index (χ1v) is 10.3. The van der Waals surface area contributed by atoms with Gasteiger partial charge in [0.25, 0.3) is 0 Å². The summed E-state index contributed by atoms with van der Waals surface area (Å²) in [4.78, 5) is 4.68. The molecule has 0 heterocycles. The fraction of sp³-hybridized carbons (Fsp3) is 0.435. The number of benzene rings is 2. The molecule has 2 rings (SSSR count). The number of para-hydroxylation sites is 2. The van der Waals surface area contributed by atoms with Crippen LogP contribution in [0.4, 0.5) is 5.69 Å². The highest BCUT2D eigenvalue weighted by Crippen LogP contribution is 2.26.